The van der Waals surface area contributed by atoms with E-state index in [4.69, 9.17) is 5.73 Å². The van der Waals surface area contributed by atoms with Gasteiger partial charge in [0.25, 0.3) is 0 Å². The molecule has 0 saturated heterocycles. The quantitative estimate of drug-likeness (QED) is 0.455. The Labute approximate surface area is 63.8 Å². The molecular weight excluding hydrogens is 150 g/mol. The van der Waals surface area contributed by atoms with Crippen molar-refractivity contribution in [3.8, 4) is 0 Å². The van der Waals surface area contributed by atoms with E-state index in [-0.39, 0.29) is 13.0 Å². The number of carbonyl (C=O) groups excluding carboxylic acids is 2. The number of aliphatic carboxylic acids is 2. The van der Waals surface area contributed by atoms with Crippen molar-refractivity contribution >= 4 is 11.9 Å². The van der Waals surface area contributed by atoms with E-state index in [1.54, 1.807) is 0 Å². The lowest BCUT2D eigenvalue weighted by molar-refractivity contribution is -0.320. The second-order valence-corrected chi connectivity index (χ2v) is 2.17. The molecule has 0 saturated carbocycles. The Morgan fingerprint density at radius 2 is 1.91 bits per heavy atom. The highest BCUT2D eigenvalue weighted by Crippen LogP contribution is 2.04. The molecule has 1 unspecified atom stereocenters. The first kappa shape index (κ1) is 9.90. The number of rotatable bonds is 5. The molecule has 0 aliphatic carbocycles. The maximum absolute atomic E-state index is 10.2. The van der Waals surface area contributed by atoms with Crippen LogP contribution in [0.25, 0.3) is 0 Å². The fraction of sp³-hybridized carbons (Fsp3) is 0.667. The zero-order valence-electron chi connectivity index (χ0n) is 5.91. The molecule has 0 heterocycles. The Bertz CT molecular complexity index is 157. The molecule has 0 aromatic carbocycles. The molecule has 2 N–H and O–H groups in total. The minimum atomic E-state index is -1.40. The summed E-state index contributed by atoms with van der Waals surface area (Å²) in [5, 5.41) is 20.1. The molecule has 0 bridgehead atoms. The zero-order chi connectivity index (χ0) is 8.85. The Hall–Kier alpha value is -1.10. The van der Waals surface area contributed by atoms with E-state index in [1.807, 2.05) is 0 Å². The first-order valence-electron chi connectivity index (χ1n) is 3.18. The fourth-order valence-electron chi connectivity index (χ4n) is 0.706. The maximum Gasteiger partial charge on any atom is 0.0449 e. The van der Waals surface area contributed by atoms with Crippen LogP contribution in [0.4, 0.5) is 0 Å². The summed E-state index contributed by atoms with van der Waals surface area (Å²) in [6.45, 7) is 0.131. The average Bonchev–Trinajstić information content (AvgIpc) is 1.86. The van der Waals surface area contributed by atoms with Gasteiger partial charge in [0.05, 0.1) is 0 Å². The minimum absolute atomic E-state index is 0.107. The van der Waals surface area contributed by atoms with Gasteiger partial charge >= 0.3 is 0 Å². The van der Waals surface area contributed by atoms with Crippen LogP contribution in [0.15, 0.2) is 0 Å². The molecule has 0 spiro atoms. The first-order chi connectivity index (χ1) is 5.07. The summed E-state index contributed by atoms with van der Waals surface area (Å²) < 4.78 is 0. The SMILES string of the molecule is NCCC(CC(=O)[O-])C(=O)[O-]. The molecule has 1 atom stereocenters. The molecule has 11 heavy (non-hydrogen) atoms. The number of carbonyl (C=O) groups is 2. The van der Waals surface area contributed by atoms with Gasteiger partial charge in [-0.25, -0.2) is 0 Å². The van der Waals surface area contributed by atoms with Gasteiger partial charge in [-0.1, -0.05) is 0 Å². The van der Waals surface area contributed by atoms with Gasteiger partial charge in [-0.3, -0.25) is 0 Å². The molecule has 0 aliphatic heterocycles. The van der Waals surface area contributed by atoms with E-state index in [0.717, 1.165) is 0 Å². The molecule has 0 rings (SSSR count). The second kappa shape index (κ2) is 4.68. The highest BCUT2D eigenvalue weighted by atomic mass is 16.4. The lowest BCUT2D eigenvalue weighted by Gasteiger charge is -2.16. The van der Waals surface area contributed by atoms with Crippen molar-refractivity contribution in [1.82, 2.24) is 0 Å². The van der Waals surface area contributed by atoms with Crippen molar-refractivity contribution in [2.75, 3.05) is 6.54 Å². The third kappa shape index (κ3) is 4.32. The smallest absolute Gasteiger partial charge is 0.0449 e. The lowest BCUT2D eigenvalue weighted by atomic mass is 10.0. The number of nitrogens with two attached hydrogens (primary N) is 1. The van der Waals surface area contributed by atoms with Crippen LogP contribution in [-0.2, 0) is 9.59 Å². The van der Waals surface area contributed by atoms with Crippen LogP contribution in [0.3, 0.4) is 0 Å². The average molecular weight is 159 g/mol. The van der Waals surface area contributed by atoms with Gasteiger partial charge in [0.1, 0.15) is 0 Å². The minimum Gasteiger partial charge on any atom is -0.550 e. The Balaban J connectivity index is 3.89. The van der Waals surface area contributed by atoms with Gasteiger partial charge in [0.2, 0.25) is 0 Å². The molecular formula is C6H9NO4-2. The normalized spacial score (nSPS) is 12.5. The van der Waals surface area contributed by atoms with Gasteiger partial charge in [-0.15, -0.1) is 0 Å². The van der Waals surface area contributed by atoms with E-state index < -0.39 is 24.3 Å². The molecule has 5 heteroatoms. The monoisotopic (exact) mass is 159 g/mol. The maximum atomic E-state index is 10.2. The second-order valence-electron chi connectivity index (χ2n) is 2.17. The summed E-state index contributed by atoms with van der Waals surface area (Å²) in [7, 11) is 0. The molecule has 64 valence electrons. The Kier molecular flexibility index (Phi) is 4.21. The van der Waals surface area contributed by atoms with Gasteiger partial charge in [-0.05, 0) is 19.4 Å². The van der Waals surface area contributed by atoms with Crippen LogP contribution < -0.4 is 15.9 Å². The van der Waals surface area contributed by atoms with E-state index in [1.165, 1.54) is 0 Å². The van der Waals surface area contributed by atoms with E-state index in [2.05, 4.69) is 0 Å². The summed E-state index contributed by atoms with van der Waals surface area (Å²) >= 11 is 0. The van der Waals surface area contributed by atoms with Crippen molar-refractivity contribution in [3.05, 3.63) is 0 Å². The molecule has 0 amide bonds. The van der Waals surface area contributed by atoms with Gasteiger partial charge in [0.15, 0.2) is 0 Å². The molecule has 0 aromatic rings. The highest BCUT2D eigenvalue weighted by molar-refractivity contribution is 5.75. The predicted octanol–water partition coefficient (Wildman–Crippen LogP) is -3.16. The van der Waals surface area contributed by atoms with Crippen LogP contribution in [0.1, 0.15) is 12.8 Å². The van der Waals surface area contributed by atoms with E-state index >= 15 is 0 Å². The van der Waals surface area contributed by atoms with Crippen molar-refractivity contribution in [2.45, 2.75) is 12.8 Å². The molecule has 0 fully saturated rings. The topological polar surface area (TPSA) is 106 Å². The molecule has 0 aromatic heterocycles. The van der Waals surface area contributed by atoms with Crippen LogP contribution in [0, 0.1) is 5.92 Å². The van der Waals surface area contributed by atoms with Crippen LogP contribution >= 0.6 is 0 Å². The lowest BCUT2D eigenvalue weighted by Crippen LogP contribution is -2.37. The van der Waals surface area contributed by atoms with Gasteiger partial charge < -0.3 is 25.5 Å². The summed E-state index contributed by atoms with van der Waals surface area (Å²) in [5.41, 5.74) is 5.04. The van der Waals surface area contributed by atoms with Crippen molar-refractivity contribution in [1.29, 1.82) is 0 Å². The number of carboxylic acids is 2. The summed E-state index contributed by atoms with van der Waals surface area (Å²) in [6, 6.07) is 0. The molecule has 0 radical (unpaired) electrons. The number of hydrogen-bond donors (Lipinski definition) is 1. The fourth-order valence-corrected chi connectivity index (χ4v) is 0.706. The number of hydrogen-bond acceptors (Lipinski definition) is 5. The number of carboxylic acid groups (broad SMARTS) is 2. The third-order valence-corrected chi connectivity index (χ3v) is 1.26. The van der Waals surface area contributed by atoms with Crippen molar-refractivity contribution in [2.24, 2.45) is 11.7 Å². The van der Waals surface area contributed by atoms with Crippen LogP contribution in [0.5, 0.6) is 0 Å². The van der Waals surface area contributed by atoms with Crippen LogP contribution in [0.2, 0.25) is 0 Å². The Morgan fingerprint density at radius 3 is 2.18 bits per heavy atom. The van der Waals surface area contributed by atoms with Crippen molar-refractivity contribution in [3.63, 3.8) is 0 Å². The standard InChI is InChI=1S/C6H11NO4/c7-2-1-4(6(10)11)3-5(8)9/h4H,1-3,7H2,(H,8,9)(H,10,11)/p-2. The summed E-state index contributed by atoms with van der Waals surface area (Å²) in [5.74, 6) is -3.81. The third-order valence-electron chi connectivity index (χ3n) is 1.26. The molecule has 5 nitrogen and oxygen atoms in total. The summed E-state index contributed by atoms with van der Waals surface area (Å²) in [6.07, 6.45) is -0.421. The first-order valence-corrected chi connectivity index (χ1v) is 3.18. The molecule has 0 aliphatic rings. The predicted molar refractivity (Wildman–Crippen MR) is 31.8 cm³/mol. The highest BCUT2D eigenvalue weighted by Gasteiger charge is 2.08. The van der Waals surface area contributed by atoms with E-state index in [0.29, 0.717) is 0 Å². The van der Waals surface area contributed by atoms with E-state index in [9.17, 15) is 19.8 Å². The largest absolute Gasteiger partial charge is 0.550 e. The van der Waals surface area contributed by atoms with Gasteiger partial charge in [0, 0.05) is 17.9 Å². The van der Waals surface area contributed by atoms with Crippen LogP contribution in [-0.4, -0.2) is 18.5 Å². The summed E-state index contributed by atoms with van der Waals surface area (Å²) in [4.78, 5) is 20.1. The van der Waals surface area contributed by atoms with Gasteiger partial charge in [-0.2, -0.15) is 0 Å². The Morgan fingerprint density at radius 1 is 1.36 bits per heavy atom. The van der Waals surface area contributed by atoms with Crippen molar-refractivity contribution < 1.29 is 19.8 Å². The zero-order valence-corrected chi connectivity index (χ0v) is 5.91.